The number of sulfonamides is 1. The first-order valence-electron chi connectivity index (χ1n) is 5.65. The van der Waals surface area contributed by atoms with Crippen molar-refractivity contribution in [3.8, 4) is 11.5 Å². The Kier molecular flexibility index (Phi) is 4.26. The van der Waals surface area contributed by atoms with E-state index in [-0.39, 0.29) is 4.90 Å². The Balaban J connectivity index is 2.19. The van der Waals surface area contributed by atoms with Gasteiger partial charge in [0.15, 0.2) is 11.5 Å². The third-order valence-corrected chi connectivity index (χ3v) is 4.28. The Bertz CT molecular complexity index is 710. The van der Waals surface area contributed by atoms with Crippen LogP contribution in [0.25, 0.3) is 0 Å². The van der Waals surface area contributed by atoms with Gasteiger partial charge in [-0.15, -0.1) is 11.3 Å². The maximum atomic E-state index is 11.3. The molecule has 0 atom stereocenters. The van der Waals surface area contributed by atoms with Crippen LogP contribution in [0.3, 0.4) is 0 Å². The zero-order chi connectivity index (χ0) is 14.8. The van der Waals surface area contributed by atoms with Crippen molar-refractivity contribution in [3.05, 3.63) is 34.3 Å². The van der Waals surface area contributed by atoms with Gasteiger partial charge in [0.25, 0.3) is 0 Å². The molecule has 0 saturated heterocycles. The van der Waals surface area contributed by atoms with E-state index in [2.05, 4.69) is 4.98 Å². The summed E-state index contributed by atoms with van der Waals surface area (Å²) in [5, 5.41) is 5.90. The third kappa shape index (κ3) is 3.47. The molecule has 1 heterocycles. The van der Waals surface area contributed by atoms with Gasteiger partial charge in [-0.1, -0.05) is 0 Å². The van der Waals surface area contributed by atoms with Crippen LogP contribution in [0.1, 0.15) is 9.88 Å². The van der Waals surface area contributed by atoms with Crippen LogP contribution in [0.5, 0.6) is 11.5 Å². The Hall–Kier alpha value is -1.64. The van der Waals surface area contributed by atoms with Gasteiger partial charge in [0.05, 0.1) is 12.0 Å². The molecule has 0 amide bonds. The van der Waals surface area contributed by atoms with Crippen LogP contribution in [-0.2, 0) is 16.6 Å². The molecule has 0 aliphatic rings. The van der Waals surface area contributed by atoms with Crippen LogP contribution in [0.4, 0.5) is 0 Å². The molecule has 6 nitrogen and oxygen atoms in total. The molecule has 1 aromatic heterocycles. The number of thiazole rings is 1. The van der Waals surface area contributed by atoms with Gasteiger partial charge in [0.1, 0.15) is 11.6 Å². The third-order valence-electron chi connectivity index (χ3n) is 2.48. The van der Waals surface area contributed by atoms with Crippen molar-refractivity contribution in [2.75, 3.05) is 7.11 Å². The number of hydrogen-bond acceptors (Lipinski definition) is 6. The fourth-order valence-corrected chi connectivity index (χ4v) is 2.78. The lowest BCUT2D eigenvalue weighted by molar-refractivity contribution is 0.283. The second-order valence-electron chi connectivity index (χ2n) is 4.01. The van der Waals surface area contributed by atoms with Crippen LogP contribution in [0, 0.1) is 6.92 Å². The van der Waals surface area contributed by atoms with Gasteiger partial charge < -0.3 is 9.47 Å². The molecule has 0 saturated carbocycles. The molecular weight excluding hydrogens is 300 g/mol. The summed E-state index contributed by atoms with van der Waals surface area (Å²) in [6, 6.07) is 4.22. The topological polar surface area (TPSA) is 91.5 Å². The van der Waals surface area contributed by atoms with Crippen LogP contribution in [-0.4, -0.2) is 20.5 Å². The second-order valence-corrected chi connectivity index (χ2v) is 6.89. The molecule has 0 radical (unpaired) electrons. The molecular formula is C12H14N2O4S2. The van der Waals surface area contributed by atoms with Crippen LogP contribution in [0.15, 0.2) is 29.3 Å². The van der Waals surface area contributed by atoms with Crippen molar-refractivity contribution >= 4 is 21.4 Å². The number of nitrogens with zero attached hydrogens (tertiary/aromatic N) is 1. The molecule has 1 aromatic carbocycles. The maximum Gasteiger partial charge on any atom is 0.238 e. The summed E-state index contributed by atoms with van der Waals surface area (Å²) < 4.78 is 33.2. The summed E-state index contributed by atoms with van der Waals surface area (Å²) in [5.41, 5.74) is 0. The molecule has 0 aliphatic carbocycles. The van der Waals surface area contributed by atoms with Crippen molar-refractivity contribution in [3.63, 3.8) is 0 Å². The SMILES string of the molecule is COc1cc(S(N)(=O)=O)ccc1OCc1ncc(C)s1. The fourth-order valence-electron chi connectivity index (χ4n) is 1.55. The predicted molar refractivity (Wildman–Crippen MR) is 75.6 cm³/mol. The lowest BCUT2D eigenvalue weighted by Gasteiger charge is -2.10. The molecule has 0 spiro atoms. The monoisotopic (exact) mass is 314 g/mol. The number of benzene rings is 1. The summed E-state index contributed by atoms with van der Waals surface area (Å²) in [7, 11) is -2.33. The van der Waals surface area contributed by atoms with E-state index < -0.39 is 10.0 Å². The number of aryl methyl sites for hydroxylation is 1. The summed E-state index contributed by atoms with van der Waals surface area (Å²) in [6.07, 6.45) is 1.77. The fraction of sp³-hybridized carbons (Fsp3) is 0.250. The highest BCUT2D eigenvalue weighted by atomic mass is 32.2. The first-order chi connectivity index (χ1) is 9.40. The molecule has 20 heavy (non-hydrogen) atoms. The van der Waals surface area contributed by atoms with Crippen molar-refractivity contribution in [2.45, 2.75) is 18.4 Å². The van der Waals surface area contributed by atoms with E-state index in [1.54, 1.807) is 6.20 Å². The molecule has 2 N–H and O–H groups in total. The lowest BCUT2D eigenvalue weighted by Crippen LogP contribution is -2.12. The molecule has 2 aromatic rings. The zero-order valence-corrected chi connectivity index (χ0v) is 12.6. The molecule has 2 rings (SSSR count). The summed E-state index contributed by atoms with van der Waals surface area (Å²) >= 11 is 1.54. The van der Waals surface area contributed by atoms with Gasteiger partial charge in [-0.05, 0) is 19.1 Å². The first kappa shape index (κ1) is 14.8. The Morgan fingerprint density at radius 3 is 2.65 bits per heavy atom. The summed E-state index contributed by atoms with van der Waals surface area (Å²) in [6.45, 7) is 2.26. The van der Waals surface area contributed by atoms with E-state index >= 15 is 0 Å². The molecule has 0 bridgehead atoms. The van der Waals surface area contributed by atoms with E-state index in [1.807, 2.05) is 6.92 Å². The number of nitrogens with two attached hydrogens (primary N) is 1. The van der Waals surface area contributed by atoms with Gasteiger partial charge in [-0.3, -0.25) is 0 Å². The van der Waals surface area contributed by atoms with Gasteiger partial charge in [0.2, 0.25) is 10.0 Å². The van der Waals surface area contributed by atoms with Gasteiger partial charge in [-0.2, -0.15) is 0 Å². The zero-order valence-electron chi connectivity index (χ0n) is 11.0. The molecule has 108 valence electrons. The number of aromatic nitrogens is 1. The standard InChI is InChI=1S/C12H14N2O4S2/c1-8-6-14-12(19-8)7-18-10-4-3-9(20(13,15)16)5-11(10)17-2/h3-6H,7H2,1-2H3,(H2,13,15,16). The van der Waals surface area contributed by atoms with Crippen LogP contribution in [0.2, 0.25) is 0 Å². The summed E-state index contributed by atoms with van der Waals surface area (Å²) in [4.78, 5) is 5.26. The minimum atomic E-state index is -3.76. The Labute approximate surface area is 121 Å². The van der Waals surface area contributed by atoms with Crippen molar-refractivity contribution in [1.82, 2.24) is 4.98 Å². The number of methoxy groups -OCH3 is 1. The first-order valence-corrected chi connectivity index (χ1v) is 8.01. The highest BCUT2D eigenvalue weighted by molar-refractivity contribution is 7.89. The molecule has 0 unspecified atom stereocenters. The highest BCUT2D eigenvalue weighted by Gasteiger charge is 2.13. The van der Waals surface area contributed by atoms with Crippen LogP contribution < -0.4 is 14.6 Å². The Morgan fingerprint density at radius 2 is 2.10 bits per heavy atom. The number of ether oxygens (including phenoxy) is 2. The van der Waals surface area contributed by atoms with Crippen LogP contribution >= 0.6 is 11.3 Å². The van der Waals surface area contributed by atoms with E-state index in [4.69, 9.17) is 14.6 Å². The van der Waals surface area contributed by atoms with Crippen molar-refractivity contribution in [2.24, 2.45) is 5.14 Å². The number of hydrogen-bond donors (Lipinski definition) is 1. The molecule has 8 heteroatoms. The molecule has 0 fully saturated rings. The predicted octanol–water partition coefficient (Wildman–Crippen LogP) is 1.69. The van der Waals surface area contributed by atoms with Gasteiger partial charge in [0, 0.05) is 17.1 Å². The number of primary sulfonamides is 1. The van der Waals surface area contributed by atoms with E-state index in [0.717, 1.165) is 9.88 Å². The second kappa shape index (κ2) is 5.78. The number of rotatable bonds is 5. The normalized spacial score (nSPS) is 11.3. The Morgan fingerprint density at radius 1 is 1.35 bits per heavy atom. The average Bonchev–Trinajstić information content (AvgIpc) is 2.81. The minimum absolute atomic E-state index is 0.0215. The quantitative estimate of drug-likeness (QED) is 0.906. The van der Waals surface area contributed by atoms with E-state index in [1.165, 1.54) is 36.6 Å². The minimum Gasteiger partial charge on any atom is -0.493 e. The van der Waals surface area contributed by atoms with E-state index in [0.29, 0.717) is 18.1 Å². The van der Waals surface area contributed by atoms with E-state index in [9.17, 15) is 8.42 Å². The molecule has 0 aliphatic heterocycles. The summed E-state index contributed by atoms with van der Waals surface area (Å²) in [5.74, 6) is 0.748. The maximum absolute atomic E-state index is 11.3. The average molecular weight is 314 g/mol. The highest BCUT2D eigenvalue weighted by Crippen LogP contribution is 2.30. The van der Waals surface area contributed by atoms with Crippen molar-refractivity contribution in [1.29, 1.82) is 0 Å². The van der Waals surface area contributed by atoms with Gasteiger partial charge in [-0.25, -0.2) is 18.5 Å². The van der Waals surface area contributed by atoms with Gasteiger partial charge >= 0.3 is 0 Å². The van der Waals surface area contributed by atoms with Crippen molar-refractivity contribution < 1.29 is 17.9 Å². The largest absolute Gasteiger partial charge is 0.493 e. The lowest BCUT2D eigenvalue weighted by atomic mass is 10.3. The smallest absolute Gasteiger partial charge is 0.238 e.